The number of aryl methyl sites for hydroxylation is 1. The Balaban J connectivity index is 2.00. The van der Waals surface area contributed by atoms with Crippen molar-refractivity contribution < 1.29 is 9.13 Å². The van der Waals surface area contributed by atoms with Crippen molar-refractivity contribution in [2.75, 3.05) is 30.9 Å². The van der Waals surface area contributed by atoms with Gasteiger partial charge in [0.05, 0.1) is 6.61 Å². The number of rotatable bonds is 7. The predicted molar refractivity (Wildman–Crippen MR) is 84.8 cm³/mol. The van der Waals surface area contributed by atoms with Crippen molar-refractivity contribution in [3.63, 3.8) is 0 Å². The average Bonchev–Trinajstić information content (AvgIpc) is 2.50. The van der Waals surface area contributed by atoms with Gasteiger partial charge in [0.1, 0.15) is 11.6 Å². The summed E-state index contributed by atoms with van der Waals surface area (Å²) < 4.78 is 18.2. The lowest BCUT2D eigenvalue weighted by Crippen LogP contribution is -2.33. The van der Waals surface area contributed by atoms with E-state index < -0.39 is 0 Å². The molecule has 118 valence electrons. The lowest BCUT2D eigenvalue weighted by Gasteiger charge is -2.12. The first-order chi connectivity index (χ1) is 10.6. The molecule has 0 unspecified atom stereocenters. The topological polar surface area (TPSA) is 85.1 Å². The molecule has 0 spiro atoms. The third-order valence-corrected chi connectivity index (χ3v) is 2.99. The fourth-order valence-electron chi connectivity index (χ4n) is 1.88. The zero-order valence-electron chi connectivity index (χ0n) is 12.6. The van der Waals surface area contributed by atoms with Crippen molar-refractivity contribution in [3.05, 3.63) is 41.8 Å². The highest BCUT2D eigenvalue weighted by atomic mass is 19.1. The number of halogens is 1. The van der Waals surface area contributed by atoms with Crippen LogP contribution in [0.3, 0.4) is 0 Å². The van der Waals surface area contributed by atoms with Crippen LogP contribution in [0.2, 0.25) is 0 Å². The number of ether oxygens (including phenoxy) is 1. The molecule has 0 fully saturated rings. The van der Waals surface area contributed by atoms with Gasteiger partial charge in [0.15, 0.2) is 0 Å². The maximum atomic E-state index is 13.3. The second-order valence-electron chi connectivity index (χ2n) is 4.95. The first-order valence-electron chi connectivity index (χ1n) is 6.93. The van der Waals surface area contributed by atoms with Gasteiger partial charge in [0.2, 0.25) is 5.95 Å². The minimum atomic E-state index is -0.234. The Morgan fingerprint density at radius 1 is 1.36 bits per heavy atom. The molecule has 0 saturated heterocycles. The van der Waals surface area contributed by atoms with Crippen LogP contribution in [0.1, 0.15) is 5.56 Å². The number of hydrogen-bond acceptors (Lipinski definition) is 6. The molecule has 0 radical (unpaired) electrons. The number of anilines is 3. The Morgan fingerprint density at radius 3 is 2.91 bits per heavy atom. The fourth-order valence-corrected chi connectivity index (χ4v) is 1.88. The van der Waals surface area contributed by atoms with Crippen molar-refractivity contribution in [1.82, 2.24) is 9.97 Å². The van der Waals surface area contributed by atoms with E-state index in [-0.39, 0.29) is 11.9 Å². The number of aromatic nitrogens is 2. The number of nitrogens with zero attached hydrogens (tertiary/aromatic N) is 2. The summed E-state index contributed by atoms with van der Waals surface area (Å²) in [4.78, 5) is 8.45. The van der Waals surface area contributed by atoms with Crippen LogP contribution in [-0.4, -0.2) is 36.3 Å². The Bertz CT molecular complexity index is 623. The molecule has 1 aromatic heterocycles. The molecule has 1 atom stereocenters. The van der Waals surface area contributed by atoms with Crippen LogP contribution in [0.4, 0.5) is 21.8 Å². The van der Waals surface area contributed by atoms with Gasteiger partial charge in [-0.25, -0.2) is 9.37 Å². The van der Waals surface area contributed by atoms with Crippen molar-refractivity contribution >= 4 is 17.5 Å². The van der Waals surface area contributed by atoms with Crippen molar-refractivity contribution in [3.8, 4) is 0 Å². The summed E-state index contributed by atoms with van der Waals surface area (Å²) in [6.45, 7) is 2.68. The maximum Gasteiger partial charge on any atom is 0.224 e. The molecule has 2 aromatic rings. The van der Waals surface area contributed by atoms with E-state index in [1.165, 1.54) is 6.07 Å². The van der Waals surface area contributed by atoms with Gasteiger partial charge in [-0.05, 0) is 36.8 Å². The van der Waals surface area contributed by atoms with Crippen LogP contribution >= 0.6 is 0 Å². The third kappa shape index (κ3) is 4.64. The minimum absolute atomic E-state index is 0.134. The molecule has 1 heterocycles. The Morgan fingerprint density at radius 2 is 2.18 bits per heavy atom. The quantitative estimate of drug-likeness (QED) is 0.726. The van der Waals surface area contributed by atoms with Crippen LogP contribution in [0.15, 0.2) is 30.5 Å². The van der Waals surface area contributed by atoms with Gasteiger partial charge >= 0.3 is 0 Å². The largest absolute Gasteiger partial charge is 0.383 e. The third-order valence-electron chi connectivity index (χ3n) is 2.99. The highest BCUT2D eigenvalue weighted by molar-refractivity contribution is 5.57. The molecule has 0 aliphatic rings. The van der Waals surface area contributed by atoms with Gasteiger partial charge in [-0.15, -0.1) is 0 Å². The lowest BCUT2D eigenvalue weighted by atomic mass is 10.2. The Kier molecular flexibility index (Phi) is 5.62. The summed E-state index contributed by atoms with van der Waals surface area (Å²) in [5, 5.41) is 6.16. The molecule has 0 amide bonds. The summed E-state index contributed by atoms with van der Waals surface area (Å²) in [6, 6.07) is 6.40. The van der Waals surface area contributed by atoms with Gasteiger partial charge in [-0.1, -0.05) is 0 Å². The zero-order valence-corrected chi connectivity index (χ0v) is 12.6. The molecule has 0 saturated carbocycles. The molecular weight excluding hydrogens is 285 g/mol. The van der Waals surface area contributed by atoms with Gasteiger partial charge in [0, 0.05) is 31.6 Å². The SMILES string of the molecule is COC[C@H](N)CNc1nccc(Nc2ccc(F)c(C)c2)n1. The van der Waals surface area contributed by atoms with E-state index in [1.54, 1.807) is 38.4 Å². The van der Waals surface area contributed by atoms with Crippen molar-refractivity contribution in [2.24, 2.45) is 5.73 Å². The van der Waals surface area contributed by atoms with E-state index in [1.807, 2.05) is 0 Å². The van der Waals surface area contributed by atoms with E-state index in [2.05, 4.69) is 20.6 Å². The van der Waals surface area contributed by atoms with Crippen molar-refractivity contribution in [2.45, 2.75) is 13.0 Å². The zero-order chi connectivity index (χ0) is 15.9. The molecule has 7 heteroatoms. The molecule has 1 aromatic carbocycles. The van der Waals surface area contributed by atoms with Crippen LogP contribution in [0.5, 0.6) is 0 Å². The molecule has 0 aliphatic heterocycles. The van der Waals surface area contributed by atoms with E-state index in [0.717, 1.165) is 5.69 Å². The van der Waals surface area contributed by atoms with Crippen molar-refractivity contribution in [1.29, 1.82) is 0 Å². The van der Waals surface area contributed by atoms with Crippen LogP contribution in [0.25, 0.3) is 0 Å². The standard InChI is InChI=1S/C15H20FN5O/c1-10-7-12(3-4-13(10)16)20-14-5-6-18-15(21-14)19-8-11(17)9-22-2/h3-7,11H,8-9,17H2,1-2H3,(H2,18,19,20,21)/t11-/m1/s1. The monoisotopic (exact) mass is 305 g/mol. The van der Waals surface area contributed by atoms with Gasteiger partial charge in [0.25, 0.3) is 0 Å². The van der Waals surface area contributed by atoms with Gasteiger partial charge in [-0.3, -0.25) is 0 Å². The molecule has 0 bridgehead atoms. The summed E-state index contributed by atoms with van der Waals surface area (Å²) in [7, 11) is 1.60. The summed E-state index contributed by atoms with van der Waals surface area (Å²) >= 11 is 0. The van der Waals surface area contributed by atoms with Gasteiger partial charge in [-0.2, -0.15) is 4.98 Å². The summed E-state index contributed by atoms with van der Waals surface area (Å²) in [5.41, 5.74) is 7.17. The van der Waals surface area contributed by atoms with E-state index in [4.69, 9.17) is 10.5 Å². The average molecular weight is 305 g/mol. The van der Waals surface area contributed by atoms with E-state index in [9.17, 15) is 4.39 Å². The van der Waals surface area contributed by atoms with Crippen LogP contribution in [0, 0.1) is 12.7 Å². The molecular formula is C15H20FN5O. The molecule has 6 nitrogen and oxygen atoms in total. The maximum absolute atomic E-state index is 13.3. The highest BCUT2D eigenvalue weighted by Crippen LogP contribution is 2.18. The number of nitrogens with one attached hydrogen (secondary N) is 2. The minimum Gasteiger partial charge on any atom is -0.383 e. The molecule has 2 rings (SSSR count). The fraction of sp³-hybridized carbons (Fsp3) is 0.333. The van der Waals surface area contributed by atoms with E-state index >= 15 is 0 Å². The first kappa shape index (κ1) is 16.1. The summed E-state index contributed by atoms with van der Waals surface area (Å²) in [6.07, 6.45) is 1.63. The summed E-state index contributed by atoms with van der Waals surface area (Å²) in [5.74, 6) is 0.849. The number of hydrogen-bond donors (Lipinski definition) is 3. The van der Waals surface area contributed by atoms with Crippen LogP contribution in [-0.2, 0) is 4.74 Å². The Hall–Kier alpha value is -2.25. The first-order valence-corrected chi connectivity index (χ1v) is 6.93. The highest BCUT2D eigenvalue weighted by Gasteiger charge is 2.05. The predicted octanol–water partition coefficient (Wildman–Crippen LogP) is 2.05. The van der Waals surface area contributed by atoms with Crippen LogP contribution < -0.4 is 16.4 Å². The molecule has 4 N–H and O–H groups in total. The smallest absolute Gasteiger partial charge is 0.224 e. The molecule has 22 heavy (non-hydrogen) atoms. The normalized spacial score (nSPS) is 12.0. The lowest BCUT2D eigenvalue weighted by molar-refractivity contribution is 0.183. The number of benzene rings is 1. The second kappa shape index (κ2) is 7.67. The number of methoxy groups -OCH3 is 1. The Labute approximate surface area is 128 Å². The number of nitrogens with two attached hydrogens (primary N) is 1. The molecule has 0 aliphatic carbocycles. The second-order valence-corrected chi connectivity index (χ2v) is 4.95. The van der Waals surface area contributed by atoms with Gasteiger partial charge < -0.3 is 21.1 Å². The van der Waals surface area contributed by atoms with E-state index in [0.29, 0.717) is 30.5 Å².